The number of hydrogen-bond acceptors (Lipinski definition) is 2. The molecular formula is C10H9N3. The summed E-state index contributed by atoms with van der Waals surface area (Å²) in [5.41, 5.74) is 7.07. The van der Waals surface area contributed by atoms with Crippen LogP contribution in [0.3, 0.4) is 0 Å². The Labute approximate surface area is 76.2 Å². The van der Waals surface area contributed by atoms with E-state index in [0.717, 1.165) is 11.3 Å². The Kier molecular flexibility index (Phi) is 1.99. The van der Waals surface area contributed by atoms with E-state index in [-0.39, 0.29) is 0 Å². The van der Waals surface area contributed by atoms with Gasteiger partial charge in [0.25, 0.3) is 0 Å². The van der Waals surface area contributed by atoms with E-state index in [1.165, 1.54) is 0 Å². The quantitative estimate of drug-likeness (QED) is 0.591. The second-order valence-corrected chi connectivity index (χ2v) is 2.58. The van der Waals surface area contributed by atoms with E-state index in [4.69, 9.17) is 5.73 Å². The minimum absolute atomic E-state index is 0.375. The number of hydrogen-bond donors (Lipinski definition) is 1. The molecule has 0 bridgehead atoms. The molecule has 0 saturated carbocycles. The predicted molar refractivity (Wildman–Crippen MR) is 51.1 cm³/mol. The number of aromatic nitrogens is 2. The van der Waals surface area contributed by atoms with Crippen LogP contribution in [0.2, 0.25) is 0 Å². The second kappa shape index (κ2) is 3.30. The zero-order valence-electron chi connectivity index (χ0n) is 7.07. The molecule has 0 saturated heterocycles. The monoisotopic (exact) mass is 171 g/mol. The van der Waals surface area contributed by atoms with Crippen LogP contribution in [0.5, 0.6) is 0 Å². The van der Waals surface area contributed by atoms with Crippen molar-refractivity contribution in [2.45, 2.75) is 0 Å². The molecule has 0 fully saturated rings. The lowest BCUT2D eigenvalue weighted by molar-refractivity contribution is 1.16. The van der Waals surface area contributed by atoms with Gasteiger partial charge in [-0.25, -0.2) is 4.98 Å². The van der Waals surface area contributed by atoms with Crippen molar-refractivity contribution >= 4 is 5.65 Å². The molecule has 0 aromatic carbocycles. The van der Waals surface area contributed by atoms with Crippen LogP contribution in [0.25, 0.3) is 5.65 Å². The van der Waals surface area contributed by atoms with Gasteiger partial charge in [-0.1, -0.05) is 12.0 Å². The highest BCUT2D eigenvalue weighted by molar-refractivity contribution is 5.44. The molecule has 2 aromatic heterocycles. The fraction of sp³-hybridized carbons (Fsp3) is 0.100. The normalized spacial score (nSPS) is 9.62. The summed E-state index contributed by atoms with van der Waals surface area (Å²) in [4.78, 5) is 4.19. The summed E-state index contributed by atoms with van der Waals surface area (Å²) in [6.45, 7) is 0.375. The standard InChI is InChI=1S/C10H9N3/c11-6-3-4-9-8-12-10-5-1-2-7-13(9)10/h1-2,5,7-8H,6,11H2. The molecule has 2 N–H and O–H groups in total. The third-order valence-electron chi connectivity index (χ3n) is 1.74. The average molecular weight is 171 g/mol. The van der Waals surface area contributed by atoms with Crippen LogP contribution in [0.4, 0.5) is 0 Å². The summed E-state index contributed by atoms with van der Waals surface area (Å²) in [7, 11) is 0. The second-order valence-electron chi connectivity index (χ2n) is 2.58. The number of rotatable bonds is 0. The lowest BCUT2D eigenvalue weighted by Gasteiger charge is -1.91. The van der Waals surface area contributed by atoms with Gasteiger partial charge in [-0.05, 0) is 18.1 Å². The topological polar surface area (TPSA) is 43.3 Å². The van der Waals surface area contributed by atoms with Crippen molar-refractivity contribution in [2.75, 3.05) is 6.54 Å². The largest absolute Gasteiger partial charge is 0.320 e. The first-order valence-electron chi connectivity index (χ1n) is 4.03. The highest BCUT2D eigenvalue weighted by atomic mass is 15.0. The number of pyridine rings is 1. The number of nitrogens with zero attached hydrogens (tertiary/aromatic N) is 2. The first-order valence-corrected chi connectivity index (χ1v) is 4.03. The number of imidazole rings is 1. The highest BCUT2D eigenvalue weighted by Gasteiger charge is 1.96. The maximum atomic E-state index is 5.29. The molecule has 0 amide bonds. The van der Waals surface area contributed by atoms with Crippen molar-refractivity contribution in [3.8, 4) is 11.8 Å². The Morgan fingerprint density at radius 1 is 1.46 bits per heavy atom. The molecule has 64 valence electrons. The molecule has 0 atom stereocenters. The van der Waals surface area contributed by atoms with Gasteiger partial charge in [0, 0.05) is 6.20 Å². The van der Waals surface area contributed by atoms with E-state index in [1.807, 2.05) is 28.8 Å². The molecule has 0 radical (unpaired) electrons. The van der Waals surface area contributed by atoms with Crippen LogP contribution >= 0.6 is 0 Å². The Morgan fingerprint density at radius 3 is 3.23 bits per heavy atom. The van der Waals surface area contributed by atoms with Crippen LogP contribution in [0, 0.1) is 11.8 Å². The summed E-state index contributed by atoms with van der Waals surface area (Å²) in [6, 6.07) is 5.83. The van der Waals surface area contributed by atoms with Crippen molar-refractivity contribution in [1.29, 1.82) is 0 Å². The SMILES string of the molecule is NCC#Cc1cnc2ccccn12. The molecule has 0 aliphatic rings. The molecule has 0 aliphatic heterocycles. The van der Waals surface area contributed by atoms with Gasteiger partial charge in [0.15, 0.2) is 0 Å². The van der Waals surface area contributed by atoms with Crippen LogP contribution in [0.1, 0.15) is 5.69 Å². The molecule has 3 nitrogen and oxygen atoms in total. The molecule has 2 rings (SSSR count). The smallest absolute Gasteiger partial charge is 0.137 e. The third-order valence-corrected chi connectivity index (χ3v) is 1.74. The fourth-order valence-corrected chi connectivity index (χ4v) is 1.17. The van der Waals surface area contributed by atoms with Gasteiger partial charge in [0.05, 0.1) is 12.7 Å². The van der Waals surface area contributed by atoms with Crippen molar-refractivity contribution < 1.29 is 0 Å². The van der Waals surface area contributed by atoms with E-state index in [1.54, 1.807) is 6.20 Å². The average Bonchev–Trinajstić information content (AvgIpc) is 2.58. The lowest BCUT2D eigenvalue weighted by atomic mass is 10.4. The molecule has 13 heavy (non-hydrogen) atoms. The van der Waals surface area contributed by atoms with Crippen LogP contribution in [0.15, 0.2) is 30.6 Å². The maximum absolute atomic E-state index is 5.29. The van der Waals surface area contributed by atoms with Crippen molar-refractivity contribution in [3.05, 3.63) is 36.3 Å². The Bertz CT molecular complexity index is 473. The van der Waals surface area contributed by atoms with Gasteiger partial charge in [-0.15, -0.1) is 0 Å². The zero-order valence-corrected chi connectivity index (χ0v) is 7.07. The summed E-state index contributed by atoms with van der Waals surface area (Å²) in [5, 5.41) is 0. The fourth-order valence-electron chi connectivity index (χ4n) is 1.17. The maximum Gasteiger partial charge on any atom is 0.137 e. The molecule has 0 aliphatic carbocycles. The highest BCUT2D eigenvalue weighted by Crippen LogP contribution is 2.03. The molecule has 2 heterocycles. The van der Waals surface area contributed by atoms with Gasteiger partial charge in [0.2, 0.25) is 0 Å². The molecule has 3 heteroatoms. The lowest BCUT2D eigenvalue weighted by Crippen LogP contribution is -1.94. The van der Waals surface area contributed by atoms with E-state index in [9.17, 15) is 0 Å². The van der Waals surface area contributed by atoms with E-state index in [2.05, 4.69) is 16.8 Å². The van der Waals surface area contributed by atoms with Gasteiger partial charge in [-0.2, -0.15) is 0 Å². The number of nitrogens with two attached hydrogens (primary N) is 1. The van der Waals surface area contributed by atoms with Crippen LogP contribution in [-0.4, -0.2) is 15.9 Å². The summed E-state index contributed by atoms with van der Waals surface area (Å²) in [5.74, 6) is 5.75. The number of fused-ring (bicyclic) bond motifs is 1. The zero-order chi connectivity index (χ0) is 9.10. The van der Waals surface area contributed by atoms with E-state index in [0.29, 0.717) is 6.54 Å². The third kappa shape index (κ3) is 1.40. The van der Waals surface area contributed by atoms with Crippen molar-refractivity contribution in [3.63, 3.8) is 0 Å². The molecule has 0 unspecified atom stereocenters. The van der Waals surface area contributed by atoms with Crippen LogP contribution < -0.4 is 5.73 Å². The summed E-state index contributed by atoms with van der Waals surface area (Å²) >= 11 is 0. The van der Waals surface area contributed by atoms with Gasteiger partial charge < -0.3 is 5.73 Å². The summed E-state index contributed by atoms with van der Waals surface area (Å²) < 4.78 is 1.93. The van der Waals surface area contributed by atoms with Gasteiger partial charge in [-0.3, -0.25) is 4.40 Å². The van der Waals surface area contributed by atoms with Crippen molar-refractivity contribution in [1.82, 2.24) is 9.38 Å². The molecular weight excluding hydrogens is 162 g/mol. The molecule has 2 aromatic rings. The van der Waals surface area contributed by atoms with Crippen molar-refractivity contribution in [2.24, 2.45) is 5.73 Å². The van der Waals surface area contributed by atoms with E-state index >= 15 is 0 Å². The summed E-state index contributed by atoms with van der Waals surface area (Å²) in [6.07, 6.45) is 3.68. The van der Waals surface area contributed by atoms with Gasteiger partial charge in [0.1, 0.15) is 11.3 Å². The minimum Gasteiger partial charge on any atom is -0.320 e. The van der Waals surface area contributed by atoms with Gasteiger partial charge >= 0.3 is 0 Å². The van der Waals surface area contributed by atoms with Crippen LogP contribution in [-0.2, 0) is 0 Å². The first kappa shape index (κ1) is 7.84. The first-order chi connectivity index (χ1) is 6.42. The Hall–Kier alpha value is -1.79. The predicted octanol–water partition coefficient (Wildman–Crippen LogP) is 0.645. The molecule has 0 spiro atoms. The minimum atomic E-state index is 0.375. The Balaban J connectivity index is 2.58. The van der Waals surface area contributed by atoms with E-state index < -0.39 is 0 Å². The Morgan fingerprint density at radius 2 is 2.38 bits per heavy atom.